The topological polar surface area (TPSA) is 147 Å². The Morgan fingerprint density at radius 2 is 1.94 bits per heavy atom. The fraction of sp³-hybridized carbons (Fsp3) is 0.382. The second kappa shape index (κ2) is 15.1. The minimum absolute atomic E-state index is 0.0572. The summed E-state index contributed by atoms with van der Waals surface area (Å²) < 4.78 is 45.9. The number of benzene rings is 1. The lowest BCUT2D eigenvalue weighted by Crippen LogP contribution is -2.43. The van der Waals surface area contributed by atoms with Crippen molar-refractivity contribution < 1.29 is 32.6 Å². The molecule has 1 saturated heterocycles. The van der Waals surface area contributed by atoms with E-state index >= 15 is 0 Å². The molecule has 2 aliphatic rings. The minimum Gasteiger partial charge on any atom is -0.481 e. The first-order valence-corrected chi connectivity index (χ1v) is 16.9. The highest BCUT2D eigenvalue weighted by molar-refractivity contribution is 6.39. The Morgan fingerprint density at radius 1 is 1.14 bits per heavy atom. The molecular formula is C34H35Cl2F3N8O4. The van der Waals surface area contributed by atoms with Crippen LogP contribution in [0.3, 0.4) is 0 Å². The van der Waals surface area contributed by atoms with Crippen molar-refractivity contribution in [1.82, 2.24) is 35.1 Å². The predicted molar refractivity (Wildman–Crippen MR) is 185 cm³/mol. The zero-order valence-corrected chi connectivity index (χ0v) is 29.2. The Kier molecular flexibility index (Phi) is 10.8. The molecule has 0 spiro atoms. The molecule has 0 saturated carbocycles. The molecule has 1 fully saturated rings. The van der Waals surface area contributed by atoms with E-state index in [1.54, 1.807) is 42.1 Å². The zero-order chi connectivity index (χ0) is 36.4. The first kappa shape index (κ1) is 36.5. The number of hydrogen-bond acceptors (Lipinski definition) is 9. The van der Waals surface area contributed by atoms with Crippen molar-refractivity contribution in [1.29, 1.82) is 0 Å². The number of pyridine rings is 2. The van der Waals surface area contributed by atoms with E-state index in [9.17, 15) is 27.9 Å². The molecule has 4 aromatic rings. The number of rotatable bonds is 11. The average Bonchev–Trinajstić information content (AvgIpc) is 3.67. The number of anilines is 1. The molecule has 270 valence electrons. The number of aliphatic hydroxyl groups is 1. The smallest absolute Gasteiger partial charge is 0.415 e. The maximum Gasteiger partial charge on any atom is 0.415 e. The van der Waals surface area contributed by atoms with Crippen molar-refractivity contribution in [2.75, 3.05) is 32.1 Å². The van der Waals surface area contributed by atoms with E-state index in [-0.39, 0.29) is 46.6 Å². The molecule has 0 bridgehead atoms. The predicted octanol–water partition coefficient (Wildman–Crippen LogP) is 4.76. The molecule has 3 aromatic heterocycles. The van der Waals surface area contributed by atoms with Gasteiger partial charge in [-0.15, -0.1) is 0 Å². The summed E-state index contributed by atoms with van der Waals surface area (Å²) in [5.74, 6) is -0.0405. The number of nitrogens with one attached hydrogen (secondary N) is 3. The second-order valence-electron chi connectivity index (χ2n) is 12.4. The van der Waals surface area contributed by atoms with E-state index in [1.807, 2.05) is 12.1 Å². The van der Waals surface area contributed by atoms with Gasteiger partial charge in [-0.1, -0.05) is 41.4 Å². The lowest BCUT2D eigenvalue weighted by atomic mass is 10.1. The molecule has 2 atom stereocenters. The normalized spacial score (nSPS) is 16.9. The summed E-state index contributed by atoms with van der Waals surface area (Å²) in [4.78, 5) is 40.0. The van der Waals surface area contributed by atoms with Crippen molar-refractivity contribution in [2.45, 2.75) is 50.7 Å². The minimum atomic E-state index is -4.73. The van der Waals surface area contributed by atoms with Crippen LogP contribution in [0.25, 0.3) is 22.5 Å². The highest BCUT2D eigenvalue weighted by atomic mass is 35.5. The second-order valence-corrected chi connectivity index (χ2v) is 13.1. The van der Waals surface area contributed by atoms with E-state index in [0.29, 0.717) is 60.0 Å². The Hall–Kier alpha value is -4.28. The molecule has 1 aromatic carbocycles. The first-order valence-electron chi connectivity index (χ1n) is 16.1. The fourth-order valence-corrected chi connectivity index (χ4v) is 6.82. The number of imidazole rings is 1. The largest absolute Gasteiger partial charge is 0.481 e. The Morgan fingerprint density at radius 3 is 2.67 bits per heavy atom. The number of nitrogens with zero attached hydrogens (tertiary/aromatic N) is 5. The number of alkyl halides is 3. The summed E-state index contributed by atoms with van der Waals surface area (Å²) in [6, 6.07) is 10.5. The van der Waals surface area contributed by atoms with Crippen molar-refractivity contribution in [3.63, 3.8) is 0 Å². The maximum absolute atomic E-state index is 13.4. The van der Waals surface area contributed by atoms with Gasteiger partial charge < -0.3 is 30.4 Å². The van der Waals surface area contributed by atoms with Gasteiger partial charge in [0.1, 0.15) is 0 Å². The van der Waals surface area contributed by atoms with E-state index in [0.717, 1.165) is 17.7 Å². The van der Waals surface area contributed by atoms with Gasteiger partial charge >= 0.3 is 6.18 Å². The van der Waals surface area contributed by atoms with Crippen molar-refractivity contribution in [3.05, 3.63) is 75.4 Å². The van der Waals surface area contributed by atoms with Gasteiger partial charge in [-0.25, -0.2) is 9.97 Å². The lowest BCUT2D eigenvalue weighted by molar-refractivity contribution is -0.208. The van der Waals surface area contributed by atoms with E-state index in [1.165, 1.54) is 12.0 Å². The molecule has 4 N–H and O–H groups in total. The molecule has 0 radical (unpaired) electrons. The maximum atomic E-state index is 13.4. The van der Waals surface area contributed by atoms with Crippen LogP contribution in [0.4, 0.5) is 18.9 Å². The summed E-state index contributed by atoms with van der Waals surface area (Å²) in [5.41, 5.74) is 4.21. The van der Waals surface area contributed by atoms with Gasteiger partial charge in [0, 0.05) is 87.2 Å². The Balaban J connectivity index is 1.18. The van der Waals surface area contributed by atoms with Crippen molar-refractivity contribution >= 4 is 40.7 Å². The number of aliphatic hydroxyl groups excluding tert-OH is 1. The highest BCUT2D eigenvalue weighted by Gasteiger charge is 2.40. The van der Waals surface area contributed by atoms with E-state index < -0.39 is 24.7 Å². The molecule has 2 aliphatic heterocycles. The highest BCUT2D eigenvalue weighted by Crippen LogP contribution is 2.40. The molecule has 51 heavy (non-hydrogen) atoms. The van der Waals surface area contributed by atoms with Crippen LogP contribution < -0.4 is 20.7 Å². The number of ether oxygens (including phenoxy) is 1. The third-order valence-corrected chi connectivity index (χ3v) is 9.73. The fourth-order valence-electron chi connectivity index (χ4n) is 6.25. The summed E-state index contributed by atoms with van der Waals surface area (Å²) in [6.45, 7) is 0.850. The quantitative estimate of drug-likeness (QED) is 0.171. The van der Waals surface area contributed by atoms with Gasteiger partial charge in [0.05, 0.1) is 39.9 Å². The number of carbonyl (C=O) groups is 2. The number of amides is 2. The van der Waals surface area contributed by atoms with Crippen LogP contribution >= 0.6 is 23.2 Å². The van der Waals surface area contributed by atoms with Gasteiger partial charge in [0.2, 0.25) is 11.8 Å². The van der Waals surface area contributed by atoms with Crippen LogP contribution in [0.5, 0.6) is 5.88 Å². The van der Waals surface area contributed by atoms with Gasteiger partial charge in [-0.05, 0) is 24.6 Å². The van der Waals surface area contributed by atoms with Crippen LogP contribution in [-0.4, -0.2) is 86.4 Å². The molecule has 6 rings (SSSR count). The van der Waals surface area contributed by atoms with E-state index in [2.05, 4.69) is 30.9 Å². The molecule has 12 nitrogen and oxygen atoms in total. The number of β-amino-alcohol motifs (C(OH)–C–C–N with tert-alkyl or cyclic N) is 1. The number of hydrogen-bond donors (Lipinski definition) is 4. The summed E-state index contributed by atoms with van der Waals surface area (Å²) in [6.07, 6.45) is -3.95. The van der Waals surface area contributed by atoms with Crippen LogP contribution in [0.1, 0.15) is 40.4 Å². The van der Waals surface area contributed by atoms with Gasteiger partial charge in [0.15, 0.2) is 11.9 Å². The monoisotopic (exact) mass is 746 g/mol. The van der Waals surface area contributed by atoms with Crippen LogP contribution in [0, 0.1) is 0 Å². The van der Waals surface area contributed by atoms with Crippen LogP contribution in [-0.2, 0) is 31.4 Å². The molecule has 2 amide bonds. The first-order chi connectivity index (χ1) is 24.3. The third-order valence-electron chi connectivity index (χ3n) is 8.94. The van der Waals surface area contributed by atoms with Gasteiger partial charge in [-0.3, -0.25) is 19.5 Å². The summed E-state index contributed by atoms with van der Waals surface area (Å²) in [5, 5.41) is 19.0. The summed E-state index contributed by atoms with van der Waals surface area (Å²) >= 11 is 13.8. The van der Waals surface area contributed by atoms with Gasteiger partial charge in [0.25, 0.3) is 5.91 Å². The number of aromatic nitrogens is 4. The number of carbonyl (C=O) groups excluding carboxylic acids is 2. The Bertz CT molecular complexity index is 1960. The lowest BCUT2D eigenvalue weighted by Gasteiger charge is -2.29. The van der Waals surface area contributed by atoms with Crippen LogP contribution in [0.15, 0.2) is 42.6 Å². The van der Waals surface area contributed by atoms with Crippen molar-refractivity contribution in [2.24, 2.45) is 7.05 Å². The SMILES string of the molecule is COc1nc(-c2ccnc(-c3cccc(NC(=O)c4nc5c(n4C)CCN(C[C@@H](O)C(F)(F)F)C5)c3Cl)c2Cl)ccc1CNC[C@@H]1CCC(=O)N1. The molecular weight excluding hydrogens is 712 g/mol. The summed E-state index contributed by atoms with van der Waals surface area (Å²) in [7, 11) is 3.20. The number of fused-ring (bicyclic) bond motifs is 1. The van der Waals surface area contributed by atoms with Crippen LogP contribution in [0.2, 0.25) is 10.0 Å². The molecule has 0 unspecified atom stereocenters. The molecule has 0 aliphatic carbocycles. The standard InChI is InChI=1S/C34H35Cl2F3N8O4/c1-46-25-11-13-47(17-26(48)34(37,38)39)16-24(25)43-31(46)32(50)44-23-5-3-4-21(28(23)35)30-29(36)20(10-12-41-30)22-8-6-18(33(45-22)51-2)14-40-15-19-7-9-27(49)42-19/h3-6,8,10,12,19,26,40,48H,7,9,11,13-17H2,1-2H3,(H,42,49)(H,44,50)/t19-,26+/m0/s1. The molecule has 5 heterocycles. The van der Waals surface area contributed by atoms with Crippen molar-refractivity contribution in [3.8, 4) is 28.4 Å². The van der Waals surface area contributed by atoms with E-state index in [4.69, 9.17) is 27.9 Å². The Labute approximate surface area is 301 Å². The zero-order valence-electron chi connectivity index (χ0n) is 27.7. The number of methoxy groups -OCH3 is 1. The third kappa shape index (κ3) is 7.97. The number of halogens is 5. The average molecular weight is 748 g/mol. The van der Waals surface area contributed by atoms with Gasteiger partial charge in [-0.2, -0.15) is 13.2 Å². The molecule has 17 heteroatoms.